The van der Waals surface area contributed by atoms with Gasteiger partial charge >= 0.3 is 17.9 Å². The Morgan fingerprint density at radius 3 is 2.05 bits per heavy atom. The van der Waals surface area contributed by atoms with Crippen molar-refractivity contribution in [1.82, 2.24) is 5.32 Å². The summed E-state index contributed by atoms with van der Waals surface area (Å²) in [7, 11) is 0. The molecule has 0 saturated heterocycles. The Labute approximate surface area is 121 Å². The summed E-state index contributed by atoms with van der Waals surface area (Å²) in [4.78, 5) is 44.5. The third-order valence-electron chi connectivity index (χ3n) is 2.14. The van der Waals surface area contributed by atoms with Gasteiger partial charge in [-0.25, -0.2) is 4.79 Å². The number of carboxylic acid groups (broad SMARTS) is 2. The first-order valence-electron chi connectivity index (χ1n) is 6.14. The highest BCUT2D eigenvalue weighted by Gasteiger charge is 2.28. The maximum absolute atomic E-state index is 11.5. The van der Waals surface area contributed by atoms with E-state index in [1.54, 1.807) is 20.8 Å². The van der Waals surface area contributed by atoms with Crippen LogP contribution in [0.2, 0.25) is 0 Å². The van der Waals surface area contributed by atoms with Crippen LogP contribution in [0.25, 0.3) is 0 Å². The fraction of sp³-hybridized carbons (Fsp3) is 0.667. The van der Waals surface area contributed by atoms with Crippen LogP contribution in [0.3, 0.4) is 0 Å². The number of nitrogens with one attached hydrogen (secondary N) is 1. The van der Waals surface area contributed by atoms with Crippen molar-refractivity contribution in [1.29, 1.82) is 0 Å². The predicted molar refractivity (Wildman–Crippen MR) is 70.3 cm³/mol. The standard InChI is InChI=1S/C12H20N2O7/c1-12(2,3)21-9(17)5-7(11(19)20)14-10(18)6(13)4-8(15)16/h6-7H,4-5,13H2,1-3H3,(H,14,18)(H,15,16)(H,19,20)/t6?,7-/m0/s1. The maximum atomic E-state index is 11.5. The molecule has 0 aromatic carbocycles. The lowest BCUT2D eigenvalue weighted by atomic mass is 10.1. The molecule has 9 nitrogen and oxygen atoms in total. The third-order valence-corrected chi connectivity index (χ3v) is 2.14. The van der Waals surface area contributed by atoms with Crippen molar-refractivity contribution < 1.29 is 34.1 Å². The molecule has 0 heterocycles. The second-order valence-electron chi connectivity index (χ2n) is 5.39. The van der Waals surface area contributed by atoms with Gasteiger partial charge in [-0.15, -0.1) is 0 Å². The van der Waals surface area contributed by atoms with Gasteiger partial charge in [0.1, 0.15) is 11.6 Å². The van der Waals surface area contributed by atoms with E-state index in [-0.39, 0.29) is 0 Å². The summed E-state index contributed by atoms with van der Waals surface area (Å²) in [5.41, 5.74) is 4.51. The van der Waals surface area contributed by atoms with Gasteiger partial charge in [-0.3, -0.25) is 14.4 Å². The minimum atomic E-state index is -1.54. The molecule has 21 heavy (non-hydrogen) atoms. The van der Waals surface area contributed by atoms with Crippen molar-refractivity contribution in [2.45, 2.75) is 51.3 Å². The zero-order chi connectivity index (χ0) is 16.8. The molecule has 9 heteroatoms. The Kier molecular flexibility index (Phi) is 6.80. The molecule has 5 N–H and O–H groups in total. The lowest BCUT2D eigenvalue weighted by Crippen LogP contribution is -2.50. The van der Waals surface area contributed by atoms with E-state index in [9.17, 15) is 19.2 Å². The zero-order valence-corrected chi connectivity index (χ0v) is 12.1. The number of amides is 1. The summed E-state index contributed by atoms with van der Waals surface area (Å²) >= 11 is 0. The number of rotatable bonds is 7. The number of hydrogen-bond donors (Lipinski definition) is 4. The number of hydrogen-bond acceptors (Lipinski definition) is 6. The zero-order valence-electron chi connectivity index (χ0n) is 12.1. The molecule has 2 atom stereocenters. The van der Waals surface area contributed by atoms with Gasteiger partial charge in [0.05, 0.1) is 18.9 Å². The van der Waals surface area contributed by atoms with Crippen LogP contribution >= 0.6 is 0 Å². The summed E-state index contributed by atoms with van der Waals surface area (Å²) in [5.74, 6) is -4.51. The first kappa shape index (κ1) is 18.8. The Bertz CT molecular complexity index is 428. The van der Waals surface area contributed by atoms with Gasteiger partial charge in [0, 0.05) is 0 Å². The summed E-state index contributed by atoms with van der Waals surface area (Å²) in [5, 5.41) is 19.5. The Hall–Kier alpha value is -2.16. The third kappa shape index (κ3) is 8.58. The molecular weight excluding hydrogens is 284 g/mol. The van der Waals surface area contributed by atoms with Gasteiger partial charge in [-0.05, 0) is 20.8 Å². The number of carbonyl (C=O) groups excluding carboxylic acids is 2. The van der Waals surface area contributed by atoms with E-state index < -0.39 is 54.3 Å². The number of nitrogens with two attached hydrogens (primary N) is 1. The predicted octanol–water partition coefficient (Wildman–Crippen LogP) is -0.910. The average molecular weight is 304 g/mol. The van der Waals surface area contributed by atoms with Crippen LogP contribution in [-0.2, 0) is 23.9 Å². The molecule has 0 spiro atoms. The highest BCUT2D eigenvalue weighted by Crippen LogP contribution is 2.09. The minimum Gasteiger partial charge on any atom is -0.481 e. The van der Waals surface area contributed by atoms with E-state index in [1.165, 1.54) is 0 Å². The van der Waals surface area contributed by atoms with Gasteiger partial charge < -0.3 is 26.0 Å². The number of carboxylic acids is 2. The number of ether oxygens (including phenoxy) is 1. The Morgan fingerprint density at radius 1 is 1.14 bits per heavy atom. The second-order valence-corrected chi connectivity index (χ2v) is 5.39. The molecule has 1 amide bonds. The van der Waals surface area contributed by atoms with Crippen molar-refractivity contribution in [3.8, 4) is 0 Å². The molecule has 0 rings (SSSR count). The largest absolute Gasteiger partial charge is 0.481 e. The normalized spacial score (nSPS) is 13.9. The van der Waals surface area contributed by atoms with Crippen LogP contribution in [0, 0.1) is 0 Å². The molecule has 0 aromatic rings. The van der Waals surface area contributed by atoms with E-state index in [0.29, 0.717) is 0 Å². The lowest BCUT2D eigenvalue weighted by molar-refractivity contribution is -0.158. The topological polar surface area (TPSA) is 156 Å². The molecule has 0 saturated carbocycles. The molecule has 0 radical (unpaired) electrons. The van der Waals surface area contributed by atoms with Crippen molar-refractivity contribution >= 4 is 23.8 Å². The second kappa shape index (κ2) is 7.58. The lowest BCUT2D eigenvalue weighted by Gasteiger charge is -2.22. The number of carbonyl (C=O) groups is 4. The minimum absolute atomic E-state index is 0.585. The van der Waals surface area contributed by atoms with Crippen molar-refractivity contribution in [3.05, 3.63) is 0 Å². The summed E-state index contributed by atoms with van der Waals surface area (Å²) in [6.45, 7) is 4.84. The van der Waals surface area contributed by atoms with E-state index >= 15 is 0 Å². The molecule has 0 aliphatic carbocycles. The van der Waals surface area contributed by atoms with Crippen LogP contribution in [0.1, 0.15) is 33.6 Å². The number of aliphatic carboxylic acids is 2. The SMILES string of the molecule is CC(C)(C)OC(=O)C[C@H](NC(=O)C(N)CC(=O)O)C(=O)O. The quantitative estimate of drug-likeness (QED) is 0.440. The summed E-state index contributed by atoms with van der Waals surface area (Å²) < 4.78 is 4.95. The van der Waals surface area contributed by atoms with Crippen LogP contribution in [0.4, 0.5) is 0 Å². The summed E-state index contributed by atoms with van der Waals surface area (Å²) in [6, 6.07) is -2.94. The first-order chi connectivity index (χ1) is 9.42. The highest BCUT2D eigenvalue weighted by atomic mass is 16.6. The van der Waals surface area contributed by atoms with E-state index in [4.69, 9.17) is 20.7 Å². The van der Waals surface area contributed by atoms with E-state index in [2.05, 4.69) is 0 Å². The Morgan fingerprint density at radius 2 is 1.67 bits per heavy atom. The molecule has 1 unspecified atom stereocenters. The van der Waals surface area contributed by atoms with Crippen molar-refractivity contribution in [2.24, 2.45) is 5.73 Å². The molecule has 0 bridgehead atoms. The fourth-order valence-corrected chi connectivity index (χ4v) is 1.31. The van der Waals surface area contributed by atoms with Gasteiger partial charge in [-0.2, -0.15) is 0 Å². The van der Waals surface area contributed by atoms with Crippen LogP contribution < -0.4 is 11.1 Å². The maximum Gasteiger partial charge on any atom is 0.326 e. The molecule has 0 aromatic heterocycles. The van der Waals surface area contributed by atoms with E-state index in [0.717, 1.165) is 0 Å². The molecule has 120 valence electrons. The van der Waals surface area contributed by atoms with Crippen LogP contribution in [-0.4, -0.2) is 51.7 Å². The smallest absolute Gasteiger partial charge is 0.326 e. The fourth-order valence-electron chi connectivity index (χ4n) is 1.31. The Balaban J connectivity index is 4.64. The van der Waals surface area contributed by atoms with Gasteiger partial charge in [0.25, 0.3) is 0 Å². The van der Waals surface area contributed by atoms with Gasteiger partial charge in [0.15, 0.2) is 0 Å². The van der Waals surface area contributed by atoms with E-state index in [1.807, 2.05) is 5.32 Å². The molecule has 0 aliphatic rings. The van der Waals surface area contributed by atoms with Crippen LogP contribution in [0.5, 0.6) is 0 Å². The molecule has 0 aliphatic heterocycles. The van der Waals surface area contributed by atoms with Gasteiger partial charge in [0.2, 0.25) is 5.91 Å². The number of esters is 1. The highest BCUT2D eigenvalue weighted by molar-refractivity contribution is 5.91. The summed E-state index contributed by atoms with van der Waals surface area (Å²) in [6.07, 6.45) is -1.23. The van der Waals surface area contributed by atoms with Crippen molar-refractivity contribution in [2.75, 3.05) is 0 Å². The molecule has 0 fully saturated rings. The average Bonchev–Trinajstić information content (AvgIpc) is 2.23. The van der Waals surface area contributed by atoms with Crippen LogP contribution in [0.15, 0.2) is 0 Å². The van der Waals surface area contributed by atoms with Crippen molar-refractivity contribution in [3.63, 3.8) is 0 Å². The monoisotopic (exact) mass is 304 g/mol. The van der Waals surface area contributed by atoms with Gasteiger partial charge in [-0.1, -0.05) is 0 Å². The molecular formula is C12H20N2O7. The first-order valence-corrected chi connectivity index (χ1v) is 6.14.